The third-order valence-electron chi connectivity index (χ3n) is 2.97. The van der Waals surface area contributed by atoms with Gasteiger partial charge in [-0.05, 0) is 25.4 Å². The van der Waals surface area contributed by atoms with Crippen LogP contribution in [0.4, 0.5) is 11.6 Å². The Morgan fingerprint density at radius 2 is 1.95 bits per heavy atom. The van der Waals surface area contributed by atoms with Crippen molar-refractivity contribution in [2.75, 3.05) is 38.2 Å². The van der Waals surface area contributed by atoms with Gasteiger partial charge in [-0.1, -0.05) is 27.7 Å². The first-order valence-corrected chi connectivity index (χ1v) is 6.72. The highest BCUT2D eigenvalue weighted by Crippen LogP contribution is 2.27. The summed E-state index contributed by atoms with van der Waals surface area (Å²) in [7, 11) is 4.17. The van der Waals surface area contributed by atoms with Crippen LogP contribution in [-0.4, -0.2) is 42.1 Å². The van der Waals surface area contributed by atoms with Crippen LogP contribution in [0.1, 0.15) is 39.2 Å². The lowest BCUT2D eigenvalue weighted by atomic mass is 9.92. The quantitative estimate of drug-likeness (QED) is 0.825. The molecule has 1 rings (SSSR count). The maximum atomic E-state index is 5.94. The van der Waals surface area contributed by atoms with E-state index in [0.29, 0.717) is 11.7 Å². The van der Waals surface area contributed by atoms with Gasteiger partial charge < -0.3 is 16.0 Å². The van der Waals surface area contributed by atoms with Crippen LogP contribution < -0.4 is 11.1 Å². The van der Waals surface area contributed by atoms with Crippen LogP contribution in [-0.2, 0) is 0 Å². The van der Waals surface area contributed by atoms with E-state index < -0.39 is 0 Å². The molecule has 0 aliphatic heterocycles. The summed E-state index contributed by atoms with van der Waals surface area (Å²) < 4.78 is 0. The molecule has 0 saturated heterocycles. The van der Waals surface area contributed by atoms with Gasteiger partial charge in [-0.3, -0.25) is 0 Å². The normalized spacial score (nSPS) is 12.2. The Hall–Kier alpha value is -1.36. The number of hydrogen-bond acceptors (Lipinski definition) is 5. The van der Waals surface area contributed by atoms with Crippen LogP contribution in [0.15, 0.2) is 6.33 Å². The fraction of sp³-hybridized carbons (Fsp3) is 0.714. The molecule has 0 bridgehead atoms. The number of hydrogen-bond donors (Lipinski definition) is 2. The van der Waals surface area contributed by atoms with Gasteiger partial charge in [0.1, 0.15) is 18.0 Å². The van der Waals surface area contributed by atoms with Crippen molar-refractivity contribution in [2.24, 2.45) is 5.41 Å². The maximum Gasteiger partial charge on any atom is 0.134 e. The van der Waals surface area contributed by atoms with E-state index in [9.17, 15) is 0 Å². The van der Waals surface area contributed by atoms with Crippen molar-refractivity contribution >= 4 is 11.6 Å². The van der Waals surface area contributed by atoms with Gasteiger partial charge in [-0.15, -0.1) is 0 Å². The zero-order chi connectivity index (χ0) is 14.6. The van der Waals surface area contributed by atoms with Gasteiger partial charge in [-0.25, -0.2) is 9.97 Å². The molecule has 0 amide bonds. The lowest BCUT2D eigenvalue weighted by Crippen LogP contribution is -2.34. The third-order valence-corrected chi connectivity index (χ3v) is 2.97. The van der Waals surface area contributed by atoms with Crippen LogP contribution in [0.2, 0.25) is 0 Å². The van der Waals surface area contributed by atoms with E-state index in [1.165, 1.54) is 6.33 Å². The lowest BCUT2D eigenvalue weighted by molar-refractivity contribution is 0.254. The molecule has 0 aliphatic rings. The molecular weight excluding hydrogens is 238 g/mol. The largest absolute Gasteiger partial charge is 0.383 e. The van der Waals surface area contributed by atoms with Gasteiger partial charge in [0.25, 0.3) is 0 Å². The van der Waals surface area contributed by atoms with Crippen LogP contribution in [0.3, 0.4) is 0 Å². The molecule has 0 aliphatic carbocycles. The number of nitrogens with zero attached hydrogens (tertiary/aromatic N) is 3. The third kappa shape index (κ3) is 4.67. The Morgan fingerprint density at radius 3 is 2.47 bits per heavy atom. The van der Waals surface area contributed by atoms with E-state index in [1.54, 1.807) is 0 Å². The van der Waals surface area contributed by atoms with Gasteiger partial charge in [0.2, 0.25) is 0 Å². The summed E-state index contributed by atoms with van der Waals surface area (Å²) in [5, 5.41) is 3.42. The van der Waals surface area contributed by atoms with Gasteiger partial charge in [0.15, 0.2) is 0 Å². The molecule has 19 heavy (non-hydrogen) atoms. The van der Waals surface area contributed by atoms with Crippen molar-refractivity contribution < 1.29 is 0 Å². The monoisotopic (exact) mass is 265 g/mol. The Labute approximate surface area is 116 Å². The number of rotatable bonds is 6. The van der Waals surface area contributed by atoms with Crippen molar-refractivity contribution in [1.82, 2.24) is 14.9 Å². The standard InChI is InChI=1S/C14H27N5/c1-10(2)11-12(15)17-9-18-13(11)16-7-14(3,4)8-19(5)6/h9-10H,7-8H2,1-6H3,(H3,15,16,17,18). The summed E-state index contributed by atoms with van der Waals surface area (Å²) in [5.41, 5.74) is 7.11. The minimum Gasteiger partial charge on any atom is -0.383 e. The lowest BCUT2D eigenvalue weighted by Gasteiger charge is -2.29. The average molecular weight is 265 g/mol. The highest BCUT2D eigenvalue weighted by molar-refractivity contribution is 5.56. The van der Waals surface area contributed by atoms with Crippen molar-refractivity contribution in [3.63, 3.8) is 0 Å². The van der Waals surface area contributed by atoms with E-state index in [4.69, 9.17) is 5.73 Å². The molecule has 0 aromatic carbocycles. The smallest absolute Gasteiger partial charge is 0.134 e. The summed E-state index contributed by atoms with van der Waals surface area (Å²) in [4.78, 5) is 10.6. The molecule has 108 valence electrons. The average Bonchev–Trinajstić information content (AvgIpc) is 2.24. The molecule has 0 spiro atoms. The van der Waals surface area contributed by atoms with E-state index in [1.807, 2.05) is 0 Å². The first kappa shape index (κ1) is 15.7. The van der Waals surface area contributed by atoms with E-state index in [0.717, 1.165) is 24.5 Å². The fourth-order valence-corrected chi connectivity index (χ4v) is 2.35. The SMILES string of the molecule is CC(C)c1c(N)ncnc1NCC(C)(C)CN(C)C. The highest BCUT2D eigenvalue weighted by atomic mass is 15.1. The Balaban J connectivity index is 2.81. The Kier molecular flexibility index (Phi) is 5.11. The van der Waals surface area contributed by atoms with Crippen molar-refractivity contribution in [1.29, 1.82) is 0 Å². The molecule has 1 heterocycles. The number of aromatic nitrogens is 2. The summed E-state index contributed by atoms with van der Waals surface area (Å²) in [5.74, 6) is 1.73. The van der Waals surface area contributed by atoms with E-state index in [-0.39, 0.29) is 5.41 Å². The maximum absolute atomic E-state index is 5.94. The molecule has 5 heteroatoms. The number of anilines is 2. The van der Waals surface area contributed by atoms with E-state index in [2.05, 4.69) is 62.0 Å². The molecule has 1 aromatic heterocycles. The molecule has 0 unspecified atom stereocenters. The molecule has 0 fully saturated rings. The second-order valence-corrected chi connectivity index (χ2v) is 6.43. The van der Waals surface area contributed by atoms with Gasteiger partial charge in [0.05, 0.1) is 0 Å². The molecule has 3 N–H and O–H groups in total. The van der Waals surface area contributed by atoms with Crippen molar-refractivity contribution in [3.8, 4) is 0 Å². The summed E-state index contributed by atoms with van der Waals surface area (Å²) in [6.07, 6.45) is 1.52. The van der Waals surface area contributed by atoms with Crippen LogP contribution >= 0.6 is 0 Å². The molecule has 0 atom stereocenters. The minimum atomic E-state index is 0.164. The molecule has 0 radical (unpaired) electrons. The van der Waals surface area contributed by atoms with Crippen LogP contribution in [0.5, 0.6) is 0 Å². The fourth-order valence-electron chi connectivity index (χ4n) is 2.35. The minimum absolute atomic E-state index is 0.164. The summed E-state index contributed by atoms with van der Waals surface area (Å²) in [6.45, 7) is 10.5. The first-order chi connectivity index (χ1) is 8.73. The van der Waals surface area contributed by atoms with Crippen LogP contribution in [0, 0.1) is 5.41 Å². The zero-order valence-corrected chi connectivity index (χ0v) is 13.0. The van der Waals surface area contributed by atoms with Gasteiger partial charge >= 0.3 is 0 Å². The molecular formula is C14H27N5. The summed E-state index contributed by atoms with van der Waals surface area (Å²) in [6, 6.07) is 0. The van der Waals surface area contributed by atoms with Crippen molar-refractivity contribution in [3.05, 3.63) is 11.9 Å². The second-order valence-electron chi connectivity index (χ2n) is 6.43. The Morgan fingerprint density at radius 1 is 1.32 bits per heavy atom. The molecule has 5 nitrogen and oxygen atoms in total. The van der Waals surface area contributed by atoms with Crippen LogP contribution in [0.25, 0.3) is 0 Å². The first-order valence-electron chi connectivity index (χ1n) is 6.72. The number of nitrogens with two attached hydrogens (primary N) is 1. The predicted octanol–water partition coefficient (Wildman–Crippen LogP) is 2.18. The molecule has 0 saturated carbocycles. The molecule has 1 aromatic rings. The van der Waals surface area contributed by atoms with Gasteiger partial charge in [-0.2, -0.15) is 0 Å². The summed E-state index contributed by atoms with van der Waals surface area (Å²) >= 11 is 0. The topological polar surface area (TPSA) is 67.1 Å². The van der Waals surface area contributed by atoms with Gasteiger partial charge in [0, 0.05) is 18.7 Å². The highest BCUT2D eigenvalue weighted by Gasteiger charge is 2.20. The number of nitrogen functional groups attached to an aromatic ring is 1. The second kappa shape index (κ2) is 6.19. The van der Waals surface area contributed by atoms with E-state index >= 15 is 0 Å². The number of nitrogens with one attached hydrogen (secondary N) is 1. The predicted molar refractivity (Wildman–Crippen MR) is 81.4 cm³/mol. The Bertz CT molecular complexity index is 412. The van der Waals surface area contributed by atoms with Crippen molar-refractivity contribution in [2.45, 2.75) is 33.6 Å². The zero-order valence-electron chi connectivity index (χ0n) is 13.0.